The van der Waals surface area contributed by atoms with Gasteiger partial charge in [0.2, 0.25) is 5.91 Å². The van der Waals surface area contributed by atoms with Gasteiger partial charge in [0.1, 0.15) is 0 Å². The summed E-state index contributed by atoms with van der Waals surface area (Å²) in [6.45, 7) is 5.21. The number of fused-ring (bicyclic) bond motifs is 1. The van der Waals surface area contributed by atoms with Gasteiger partial charge < -0.3 is 21.7 Å². The molecule has 0 bridgehead atoms. The average molecular weight is 276 g/mol. The zero-order valence-corrected chi connectivity index (χ0v) is 11.7. The Kier molecular flexibility index (Phi) is 3.83. The van der Waals surface area contributed by atoms with Crippen LogP contribution in [0.3, 0.4) is 0 Å². The zero-order chi connectivity index (χ0) is 14.8. The van der Waals surface area contributed by atoms with E-state index in [0.29, 0.717) is 5.56 Å². The van der Waals surface area contributed by atoms with Gasteiger partial charge in [-0.15, -0.1) is 0 Å². The van der Waals surface area contributed by atoms with Crippen LogP contribution in [-0.2, 0) is 4.79 Å². The summed E-state index contributed by atoms with van der Waals surface area (Å²) in [4.78, 5) is 23.5. The van der Waals surface area contributed by atoms with E-state index in [1.807, 2.05) is 12.1 Å². The number of primary amides is 1. The van der Waals surface area contributed by atoms with Crippen molar-refractivity contribution >= 4 is 23.2 Å². The van der Waals surface area contributed by atoms with E-state index in [0.717, 1.165) is 24.5 Å². The fourth-order valence-corrected chi connectivity index (χ4v) is 1.95. The molecule has 6 heteroatoms. The Bertz CT molecular complexity index is 540. The lowest BCUT2D eigenvalue weighted by Crippen LogP contribution is -2.42. The summed E-state index contributed by atoms with van der Waals surface area (Å²) in [5.74, 6) is -0.653. The Morgan fingerprint density at radius 1 is 1.30 bits per heavy atom. The molecular weight excluding hydrogens is 256 g/mol. The van der Waals surface area contributed by atoms with Crippen LogP contribution in [0.4, 0.5) is 11.4 Å². The lowest BCUT2D eigenvalue weighted by molar-refractivity contribution is -0.125. The van der Waals surface area contributed by atoms with Crippen LogP contribution in [0.25, 0.3) is 0 Å². The molecule has 0 atom stereocenters. The van der Waals surface area contributed by atoms with Crippen LogP contribution in [0.5, 0.6) is 0 Å². The van der Waals surface area contributed by atoms with Gasteiger partial charge in [0.15, 0.2) is 0 Å². The highest BCUT2D eigenvalue weighted by Gasteiger charge is 2.26. The van der Waals surface area contributed by atoms with Crippen molar-refractivity contribution in [2.45, 2.75) is 13.8 Å². The Balaban J connectivity index is 2.12. The van der Waals surface area contributed by atoms with Crippen molar-refractivity contribution in [3.63, 3.8) is 0 Å². The Morgan fingerprint density at radius 2 is 2.00 bits per heavy atom. The molecular formula is C14H20N4O2. The fourth-order valence-electron chi connectivity index (χ4n) is 1.95. The molecule has 0 radical (unpaired) electrons. The summed E-state index contributed by atoms with van der Waals surface area (Å²) in [5.41, 5.74) is 6.80. The number of benzene rings is 1. The molecule has 1 aromatic rings. The predicted octanol–water partition coefficient (Wildman–Crippen LogP) is 0.765. The molecule has 2 rings (SSSR count). The Morgan fingerprint density at radius 3 is 2.70 bits per heavy atom. The van der Waals surface area contributed by atoms with E-state index in [1.165, 1.54) is 0 Å². The van der Waals surface area contributed by atoms with Crippen LogP contribution in [0.1, 0.15) is 24.2 Å². The van der Waals surface area contributed by atoms with Gasteiger partial charge in [0, 0.05) is 19.6 Å². The SMILES string of the molecule is CC(C)(CNC(=O)c1cccc2c1NCCN2)C(N)=O. The van der Waals surface area contributed by atoms with Crippen LogP contribution >= 0.6 is 0 Å². The minimum atomic E-state index is -0.768. The Labute approximate surface area is 118 Å². The molecule has 20 heavy (non-hydrogen) atoms. The summed E-state index contributed by atoms with van der Waals surface area (Å²) >= 11 is 0. The smallest absolute Gasteiger partial charge is 0.253 e. The number of hydrogen-bond acceptors (Lipinski definition) is 4. The van der Waals surface area contributed by atoms with Crippen molar-refractivity contribution in [2.24, 2.45) is 11.1 Å². The number of nitrogens with two attached hydrogens (primary N) is 1. The van der Waals surface area contributed by atoms with Gasteiger partial charge in [-0.1, -0.05) is 6.07 Å². The van der Waals surface area contributed by atoms with Crippen LogP contribution < -0.4 is 21.7 Å². The van der Waals surface area contributed by atoms with E-state index in [1.54, 1.807) is 19.9 Å². The molecule has 0 aromatic heterocycles. The molecule has 108 valence electrons. The second kappa shape index (κ2) is 5.40. The minimum Gasteiger partial charge on any atom is -0.382 e. The molecule has 1 aromatic carbocycles. The molecule has 0 unspecified atom stereocenters. The van der Waals surface area contributed by atoms with E-state index in [9.17, 15) is 9.59 Å². The second-order valence-corrected chi connectivity index (χ2v) is 5.51. The van der Waals surface area contributed by atoms with Gasteiger partial charge in [-0.3, -0.25) is 9.59 Å². The summed E-state index contributed by atoms with van der Waals surface area (Å²) in [5, 5.41) is 9.21. The maximum Gasteiger partial charge on any atom is 0.253 e. The topological polar surface area (TPSA) is 96.2 Å². The van der Waals surface area contributed by atoms with Crippen LogP contribution in [0.15, 0.2) is 18.2 Å². The first-order valence-electron chi connectivity index (χ1n) is 6.61. The van der Waals surface area contributed by atoms with E-state index in [-0.39, 0.29) is 12.5 Å². The number of rotatable bonds is 4. The molecule has 2 amide bonds. The van der Waals surface area contributed by atoms with E-state index in [2.05, 4.69) is 16.0 Å². The van der Waals surface area contributed by atoms with Crippen molar-refractivity contribution in [1.82, 2.24) is 5.32 Å². The summed E-state index contributed by atoms with van der Waals surface area (Å²) in [6, 6.07) is 5.50. The van der Waals surface area contributed by atoms with Crippen molar-refractivity contribution in [3.05, 3.63) is 23.8 Å². The van der Waals surface area contributed by atoms with Crippen molar-refractivity contribution in [1.29, 1.82) is 0 Å². The number of nitrogens with one attached hydrogen (secondary N) is 3. The summed E-state index contributed by atoms with van der Waals surface area (Å²) < 4.78 is 0. The van der Waals surface area contributed by atoms with Crippen molar-refractivity contribution < 1.29 is 9.59 Å². The van der Waals surface area contributed by atoms with E-state index >= 15 is 0 Å². The van der Waals surface area contributed by atoms with Gasteiger partial charge in [-0.25, -0.2) is 0 Å². The molecule has 1 aliphatic rings. The quantitative estimate of drug-likeness (QED) is 0.653. The number of para-hydroxylation sites is 1. The first kappa shape index (κ1) is 14.2. The lowest BCUT2D eigenvalue weighted by atomic mass is 9.92. The molecule has 0 aliphatic carbocycles. The zero-order valence-electron chi connectivity index (χ0n) is 11.7. The number of anilines is 2. The molecule has 0 fully saturated rings. The summed E-state index contributed by atoms with van der Waals surface area (Å²) in [7, 11) is 0. The van der Waals surface area contributed by atoms with E-state index in [4.69, 9.17) is 5.73 Å². The second-order valence-electron chi connectivity index (χ2n) is 5.51. The normalized spacial score (nSPS) is 13.7. The van der Waals surface area contributed by atoms with Crippen molar-refractivity contribution in [3.8, 4) is 0 Å². The monoisotopic (exact) mass is 276 g/mol. The maximum absolute atomic E-state index is 12.3. The first-order valence-corrected chi connectivity index (χ1v) is 6.61. The highest BCUT2D eigenvalue weighted by Crippen LogP contribution is 2.28. The number of carbonyl (C=O) groups excluding carboxylic acids is 2. The molecule has 0 spiro atoms. The highest BCUT2D eigenvalue weighted by molar-refractivity contribution is 6.03. The highest BCUT2D eigenvalue weighted by atomic mass is 16.2. The van der Waals surface area contributed by atoms with Crippen molar-refractivity contribution in [2.75, 3.05) is 30.3 Å². The average Bonchev–Trinajstić information content (AvgIpc) is 2.44. The Hall–Kier alpha value is -2.24. The van der Waals surface area contributed by atoms with Gasteiger partial charge >= 0.3 is 0 Å². The van der Waals surface area contributed by atoms with Crippen LogP contribution in [0.2, 0.25) is 0 Å². The van der Waals surface area contributed by atoms with Gasteiger partial charge in [0.25, 0.3) is 5.91 Å². The predicted molar refractivity (Wildman–Crippen MR) is 78.7 cm³/mol. The summed E-state index contributed by atoms with van der Waals surface area (Å²) in [6.07, 6.45) is 0. The number of amides is 2. The largest absolute Gasteiger partial charge is 0.382 e. The molecule has 6 nitrogen and oxygen atoms in total. The van der Waals surface area contributed by atoms with Gasteiger partial charge in [-0.05, 0) is 26.0 Å². The standard InChI is InChI=1S/C14H20N4O2/c1-14(2,13(15)20)8-18-12(19)9-4-3-5-10-11(9)17-7-6-16-10/h3-5,16-17H,6-8H2,1-2H3,(H2,15,20)(H,18,19). The third kappa shape index (κ3) is 2.84. The molecule has 5 N–H and O–H groups in total. The third-order valence-electron chi connectivity index (χ3n) is 3.41. The van der Waals surface area contributed by atoms with Gasteiger partial charge in [0.05, 0.1) is 22.4 Å². The van der Waals surface area contributed by atoms with E-state index < -0.39 is 11.3 Å². The first-order chi connectivity index (χ1) is 9.42. The lowest BCUT2D eigenvalue weighted by Gasteiger charge is -2.24. The number of hydrogen-bond donors (Lipinski definition) is 4. The minimum absolute atomic E-state index is 0.207. The molecule has 0 saturated heterocycles. The van der Waals surface area contributed by atoms with Gasteiger partial charge in [-0.2, -0.15) is 0 Å². The third-order valence-corrected chi connectivity index (χ3v) is 3.41. The fraction of sp³-hybridized carbons (Fsp3) is 0.429. The molecule has 0 saturated carbocycles. The molecule has 1 heterocycles. The maximum atomic E-state index is 12.3. The number of carbonyl (C=O) groups is 2. The van der Waals surface area contributed by atoms with Crippen LogP contribution in [0, 0.1) is 5.41 Å². The van der Waals surface area contributed by atoms with Crippen LogP contribution in [-0.4, -0.2) is 31.4 Å². The molecule has 1 aliphatic heterocycles.